The molecular formula is C16H13N3O3. The van der Waals surface area contributed by atoms with Gasteiger partial charge in [0.1, 0.15) is 0 Å². The summed E-state index contributed by atoms with van der Waals surface area (Å²) >= 11 is 0. The SMILES string of the molecule is Cc1ccc2c(c1)NC(=O)CC(c1ccc([N+](=O)[O-])cc1)=N2. The number of hydrogen-bond donors (Lipinski definition) is 1. The molecule has 3 rings (SSSR count). The highest BCUT2D eigenvalue weighted by molar-refractivity contribution is 6.16. The molecule has 0 saturated heterocycles. The first-order valence-electron chi connectivity index (χ1n) is 6.76. The van der Waals surface area contributed by atoms with E-state index >= 15 is 0 Å². The molecule has 6 heteroatoms. The fourth-order valence-electron chi connectivity index (χ4n) is 2.32. The third-order valence-electron chi connectivity index (χ3n) is 3.42. The van der Waals surface area contributed by atoms with Crippen molar-refractivity contribution in [1.82, 2.24) is 0 Å². The Morgan fingerprint density at radius 1 is 1.18 bits per heavy atom. The minimum atomic E-state index is -0.455. The second kappa shape index (κ2) is 5.40. The number of fused-ring (bicyclic) bond motifs is 1. The van der Waals surface area contributed by atoms with Crippen LogP contribution in [0.1, 0.15) is 17.5 Å². The smallest absolute Gasteiger partial charge is 0.269 e. The summed E-state index contributed by atoms with van der Waals surface area (Å²) in [5, 5.41) is 13.5. The molecular weight excluding hydrogens is 282 g/mol. The molecule has 0 spiro atoms. The number of carbonyl (C=O) groups is 1. The number of benzene rings is 2. The van der Waals surface area contributed by atoms with E-state index in [1.54, 1.807) is 12.1 Å². The summed E-state index contributed by atoms with van der Waals surface area (Å²) in [4.78, 5) is 26.8. The number of rotatable bonds is 2. The van der Waals surface area contributed by atoms with Crippen molar-refractivity contribution in [2.24, 2.45) is 4.99 Å². The Labute approximate surface area is 126 Å². The lowest BCUT2D eigenvalue weighted by atomic mass is 10.1. The number of nitrogens with one attached hydrogen (secondary N) is 1. The Morgan fingerprint density at radius 2 is 1.91 bits per heavy atom. The second-order valence-corrected chi connectivity index (χ2v) is 5.11. The minimum Gasteiger partial charge on any atom is -0.324 e. The number of aryl methyl sites for hydroxylation is 1. The third kappa shape index (κ3) is 2.71. The lowest BCUT2D eigenvalue weighted by Gasteiger charge is -2.04. The van der Waals surface area contributed by atoms with Gasteiger partial charge in [-0.15, -0.1) is 0 Å². The van der Waals surface area contributed by atoms with Crippen LogP contribution in [0, 0.1) is 17.0 Å². The maximum Gasteiger partial charge on any atom is 0.269 e. The van der Waals surface area contributed by atoms with E-state index in [0.29, 0.717) is 22.6 Å². The summed E-state index contributed by atoms with van der Waals surface area (Å²) in [5.74, 6) is -0.151. The second-order valence-electron chi connectivity index (χ2n) is 5.11. The monoisotopic (exact) mass is 295 g/mol. The van der Waals surface area contributed by atoms with Crippen molar-refractivity contribution in [3.05, 3.63) is 63.7 Å². The highest BCUT2D eigenvalue weighted by atomic mass is 16.6. The van der Waals surface area contributed by atoms with Gasteiger partial charge >= 0.3 is 0 Å². The third-order valence-corrected chi connectivity index (χ3v) is 3.42. The van der Waals surface area contributed by atoms with Crippen LogP contribution in [-0.2, 0) is 4.79 Å². The lowest BCUT2D eigenvalue weighted by molar-refractivity contribution is -0.384. The van der Waals surface area contributed by atoms with Gasteiger partial charge in [0.15, 0.2) is 0 Å². The van der Waals surface area contributed by atoms with Crippen LogP contribution in [0.5, 0.6) is 0 Å². The van der Waals surface area contributed by atoms with Gasteiger partial charge in [0, 0.05) is 12.1 Å². The fourth-order valence-corrected chi connectivity index (χ4v) is 2.32. The summed E-state index contributed by atoms with van der Waals surface area (Å²) in [6.07, 6.45) is 0.130. The number of aliphatic imine (C=N–C) groups is 1. The van der Waals surface area contributed by atoms with Crippen molar-refractivity contribution in [2.45, 2.75) is 13.3 Å². The predicted molar refractivity (Wildman–Crippen MR) is 83.7 cm³/mol. The Morgan fingerprint density at radius 3 is 2.59 bits per heavy atom. The molecule has 0 fully saturated rings. The molecule has 2 aromatic rings. The van der Waals surface area contributed by atoms with E-state index in [1.807, 2.05) is 25.1 Å². The highest BCUT2D eigenvalue weighted by Crippen LogP contribution is 2.30. The van der Waals surface area contributed by atoms with Crippen molar-refractivity contribution >= 4 is 28.7 Å². The van der Waals surface area contributed by atoms with Crippen LogP contribution in [-0.4, -0.2) is 16.5 Å². The molecule has 1 heterocycles. The molecule has 0 unspecified atom stereocenters. The fraction of sp³-hybridized carbons (Fsp3) is 0.125. The zero-order valence-electron chi connectivity index (χ0n) is 11.9. The maximum atomic E-state index is 12.0. The summed E-state index contributed by atoms with van der Waals surface area (Å²) in [6, 6.07) is 11.7. The number of nitro benzene ring substituents is 1. The quantitative estimate of drug-likeness (QED) is 0.681. The van der Waals surface area contributed by atoms with Gasteiger partial charge in [0.25, 0.3) is 5.69 Å². The molecule has 1 amide bonds. The van der Waals surface area contributed by atoms with Gasteiger partial charge in [-0.2, -0.15) is 0 Å². The minimum absolute atomic E-state index is 0.0125. The maximum absolute atomic E-state index is 12.0. The Kier molecular flexibility index (Phi) is 3.42. The molecule has 0 bridgehead atoms. The molecule has 0 aliphatic carbocycles. The molecule has 2 aromatic carbocycles. The normalized spacial score (nSPS) is 13.7. The van der Waals surface area contributed by atoms with Crippen LogP contribution in [0.3, 0.4) is 0 Å². The summed E-state index contributed by atoms with van der Waals surface area (Å²) < 4.78 is 0. The molecule has 1 aliphatic rings. The van der Waals surface area contributed by atoms with Gasteiger partial charge in [-0.25, -0.2) is 0 Å². The van der Waals surface area contributed by atoms with E-state index in [9.17, 15) is 14.9 Å². The van der Waals surface area contributed by atoms with E-state index in [0.717, 1.165) is 5.56 Å². The van der Waals surface area contributed by atoms with Crippen molar-refractivity contribution in [3.63, 3.8) is 0 Å². The number of non-ortho nitro benzene ring substituents is 1. The van der Waals surface area contributed by atoms with Gasteiger partial charge in [-0.05, 0) is 42.3 Å². The Balaban J connectivity index is 2.03. The molecule has 1 N–H and O–H groups in total. The van der Waals surface area contributed by atoms with E-state index in [4.69, 9.17) is 0 Å². The van der Waals surface area contributed by atoms with Crippen LogP contribution in [0.25, 0.3) is 0 Å². The number of anilines is 1. The van der Waals surface area contributed by atoms with Crippen molar-refractivity contribution in [3.8, 4) is 0 Å². The number of amides is 1. The van der Waals surface area contributed by atoms with E-state index in [-0.39, 0.29) is 18.0 Å². The Hall–Kier alpha value is -3.02. The summed E-state index contributed by atoms with van der Waals surface area (Å²) in [7, 11) is 0. The first-order valence-corrected chi connectivity index (χ1v) is 6.76. The van der Waals surface area contributed by atoms with Crippen LogP contribution < -0.4 is 5.32 Å². The average Bonchev–Trinajstić information content (AvgIpc) is 2.65. The molecule has 0 saturated carbocycles. The van der Waals surface area contributed by atoms with Gasteiger partial charge < -0.3 is 5.32 Å². The number of hydrogen-bond acceptors (Lipinski definition) is 4. The summed E-state index contributed by atoms with van der Waals surface area (Å²) in [6.45, 7) is 1.94. The number of carbonyl (C=O) groups excluding carboxylic acids is 1. The molecule has 6 nitrogen and oxygen atoms in total. The van der Waals surface area contributed by atoms with Crippen LogP contribution in [0.2, 0.25) is 0 Å². The highest BCUT2D eigenvalue weighted by Gasteiger charge is 2.17. The molecule has 22 heavy (non-hydrogen) atoms. The van der Waals surface area contributed by atoms with Crippen molar-refractivity contribution in [2.75, 3.05) is 5.32 Å². The van der Waals surface area contributed by atoms with Gasteiger partial charge in [0.2, 0.25) is 5.91 Å². The van der Waals surface area contributed by atoms with E-state index in [1.165, 1.54) is 12.1 Å². The predicted octanol–water partition coefficient (Wildman–Crippen LogP) is 3.37. The number of nitro groups is 1. The van der Waals surface area contributed by atoms with Crippen molar-refractivity contribution < 1.29 is 9.72 Å². The lowest BCUT2D eigenvalue weighted by Crippen LogP contribution is -2.15. The van der Waals surface area contributed by atoms with Gasteiger partial charge in [0.05, 0.1) is 28.4 Å². The molecule has 0 radical (unpaired) electrons. The molecule has 0 aromatic heterocycles. The molecule has 110 valence electrons. The number of nitrogens with zero attached hydrogens (tertiary/aromatic N) is 2. The van der Waals surface area contributed by atoms with Crippen LogP contribution >= 0.6 is 0 Å². The van der Waals surface area contributed by atoms with Gasteiger partial charge in [-0.1, -0.05) is 6.07 Å². The summed E-state index contributed by atoms with van der Waals surface area (Å²) in [5.41, 5.74) is 3.71. The molecule has 1 aliphatic heterocycles. The largest absolute Gasteiger partial charge is 0.324 e. The topological polar surface area (TPSA) is 84.6 Å². The zero-order valence-corrected chi connectivity index (χ0v) is 11.9. The van der Waals surface area contributed by atoms with E-state index in [2.05, 4.69) is 10.3 Å². The van der Waals surface area contributed by atoms with Crippen molar-refractivity contribution in [1.29, 1.82) is 0 Å². The first kappa shape index (κ1) is 13.9. The van der Waals surface area contributed by atoms with Crippen LogP contribution in [0.15, 0.2) is 47.5 Å². The van der Waals surface area contributed by atoms with Gasteiger partial charge in [-0.3, -0.25) is 19.9 Å². The van der Waals surface area contributed by atoms with E-state index < -0.39 is 4.92 Å². The van der Waals surface area contributed by atoms with Crippen LogP contribution in [0.4, 0.5) is 17.1 Å². The first-order chi connectivity index (χ1) is 10.5. The zero-order chi connectivity index (χ0) is 15.7. The molecule has 0 atom stereocenters. The average molecular weight is 295 g/mol. The standard InChI is InChI=1S/C16H13N3O3/c1-10-2-7-13-15(8-10)18-16(20)9-14(17-13)11-3-5-12(6-4-11)19(21)22/h2-8H,9H2,1H3,(H,18,20). The Bertz CT molecular complexity index is 795.